The number of benzene rings is 2. The molecule has 5 aromatic rings. The van der Waals surface area contributed by atoms with Gasteiger partial charge < -0.3 is 9.51 Å². The van der Waals surface area contributed by atoms with Crippen molar-refractivity contribution in [2.45, 2.75) is 30.0 Å². The molecule has 1 saturated heterocycles. The number of carbonyl (C=O) groups excluding carboxylic acids is 2. The lowest BCUT2D eigenvalue weighted by atomic mass is 9.96. The van der Waals surface area contributed by atoms with Gasteiger partial charge in [-0.1, -0.05) is 82.2 Å². The third-order valence-corrected chi connectivity index (χ3v) is 10.0. The molecule has 212 valence electrons. The molecule has 1 amide bonds. The Hall–Kier alpha value is -3.41. The van der Waals surface area contributed by atoms with Crippen LogP contribution in [0.5, 0.6) is 0 Å². The highest BCUT2D eigenvalue weighted by atomic mass is 35.5. The fraction of sp³-hybridized carbons (Fsp3) is 0.138. The van der Waals surface area contributed by atoms with E-state index in [1.807, 2.05) is 53.9 Å². The maximum absolute atomic E-state index is 13.6. The van der Waals surface area contributed by atoms with Crippen LogP contribution in [0.1, 0.15) is 34.1 Å². The summed E-state index contributed by atoms with van der Waals surface area (Å²) in [6, 6.07) is 15.0. The number of carbonyl (C=O) groups is 2. The molecule has 1 aliphatic heterocycles. The molecule has 1 atom stereocenters. The van der Waals surface area contributed by atoms with E-state index in [4.69, 9.17) is 34.8 Å². The summed E-state index contributed by atoms with van der Waals surface area (Å²) in [4.78, 5) is 33.1. The number of aliphatic hydroxyl groups excluding tert-OH is 1. The number of nitrogens with zero attached hydrogens (tertiary/aromatic N) is 5. The van der Waals surface area contributed by atoms with Gasteiger partial charge in [0.15, 0.2) is 10.1 Å². The first kappa shape index (κ1) is 28.7. The number of amides is 1. The van der Waals surface area contributed by atoms with Crippen molar-refractivity contribution < 1.29 is 14.7 Å². The van der Waals surface area contributed by atoms with Crippen LogP contribution in [0.15, 0.2) is 70.7 Å². The lowest BCUT2D eigenvalue weighted by Crippen LogP contribution is -2.29. The molecular weight excluding hydrogens is 637 g/mol. The summed E-state index contributed by atoms with van der Waals surface area (Å²) in [5.41, 5.74) is 3.70. The van der Waals surface area contributed by atoms with Gasteiger partial charge in [-0.2, -0.15) is 0 Å². The molecular formula is C29H20Cl3N5O3S2. The van der Waals surface area contributed by atoms with Crippen molar-refractivity contribution in [3.63, 3.8) is 0 Å². The van der Waals surface area contributed by atoms with Crippen molar-refractivity contribution in [2.75, 3.05) is 4.90 Å². The third-order valence-electron chi connectivity index (χ3n) is 6.89. The highest BCUT2D eigenvalue weighted by molar-refractivity contribution is 8.00. The van der Waals surface area contributed by atoms with Gasteiger partial charge in [-0.25, -0.2) is 4.98 Å². The van der Waals surface area contributed by atoms with E-state index in [0.717, 1.165) is 11.1 Å². The summed E-state index contributed by atoms with van der Waals surface area (Å²) >= 11 is 21.1. The first-order chi connectivity index (χ1) is 20.1. The van der Waals surface area contributed by atoms with Crippen LogP contribution in [-0.2, 0) is 15.3 Å². The molecule has 0 bridgehead atoms. The zero-order valence-electron chi connectivity index (χ0n) is 22.0. The van der Waals surface area contributed by atoms with Gasteiger partial charge in [0.25, 0.3) is 5.78 Å². The van der Waals surface area contributed by atoms with Gasteiger partial charge >= 0.3 is 5.91 Å². The van der Waals surface area contributed by atoms with Gasteiger partial charge in [0.2, 0.25) is 5.13 Å². The van der Waals surface area contributed by atoms with E-state index in [9.17, 15) is 14.7 Å². The number of hydrogen-bond donors (Lipinski definition) is 1. The van der Waals surface area contributed by atoms with E-state index in [1.165, 1.54) is 28.0 Å². The summed E-state index contributed by atoms with van der Waals surface area (Å²) in [5, 5.41) is 21.5. The first-order valence-corrected chi connectivity index (χ1v) is 15.5. The molecule has 1 unspecified atom stereocenters. The molecule has 1 fully saturated rings. The Morgan fingerprint density at radius 1 is 1.02 bits per heavy atom. The van der Waals surface area contributed by atoms with Crippen LogP contribution in [-0.4, -0.2) is 36.4 Å². The normalized spacial score (nSPS) is 16.6. The van der Waals surface area contributed by atoms with Gasteiger partial charge in [-0.15, -0.1) is 10.2 Å². The van der Waals surface area contributed by atoms with Crippen LogP contribution in [0.4, 0.5) is 5.13 Å². The van der Waals surface area contributed by atoms with Crippen LogP contribution in [0, 0.1) is 13.8 Å². The van der Waals surface area contributed by atoms with E-state index in [2.05, 4.69) is 15.2 Å². The standard InChI is InChI=1S/C29H20Cl3N5O3S2/c1-14-4-3-11-36-15(2)22(33-26(14)36)24(38)21-23(17-7-10-19(31)20(32)12-17)37(27(40)25(21)39)28-34-35-29(42-28)41-13-16-5-8-18(30)9-6-16/h3-12,23,38H,13H2,1-2H3. The van der Waals surface area contributed by atoms with E-state index in [-0.39, 0.29) is 21.4 Å². The minimum absolute atomic E-state index is 0.131. The summed E-state index contributed by atoms with van der Waals surface area (Å²) in [6.45, 7) is 3.69. The van der Waals surface area contributed by atoms with Crippen LogP contribution in [0.2, 0.25) is 15.1 Å². The minimum atomic E-state index is -1.05. The monoisotopic (exact) mass is 655 g/mol. The van der Waals surface area contributed by atoms with Crippen molar-refractivity contribution in [3.8, 4) is 0 Å². The smallest absolute Gasteiger partial charge is 0.301 e. The molecule has 0 aliphatic carbocycles. The number of ketones is 1. The van der Waals surface area contributed by atoms with Gasteiger partial charge in [0, 0.05) is 17.0 Å². The average Bonchev–Trinajstić information content (AvgIpc) is 3.65. The van der Waals surface area contributed by atoms with E-state index >= 15 is 0 Å². The fourth-order valence-corrected chi connectivity index (χ4v) is 7.04. The number of pyridine rings is 1. The molecule has 3 aromatic heterocycles. The first-order valence-electron chi connectivity index (χ1n) is 12.6. The zero-order chi connectivity index (χ0) is 29.7. The lowest BCUT2D eigenvalue weighted by Gasteiger charge is -2.22. The van der Waals surface area contributed by atoms with E-state index in [0.29, 0.717) is 37.0 Å². The predicted octanol–water partition coefficient (Wildman–Crippen LogP) is 7.68. The van der Waals surface area contributed by atoms with Gasteiger partial charge in [0.1, 0.15) is 11.3 Å². The van der Waals surface area contributed by atoms with Gasteiger partial charge in [-0.3, -0.25) is 14.5 Å². The number of imidazole rings is 1. The van der Waals surface area contributed by atoms with Gasteiger partial charge in [0.05, 0.1) is 27.4 Å². The van der Waals surface area contributed by atoms with Crippen LogP contribution in [0.3, 0.4) is 0 Å². The Morgan fingerprint density at radius 2 is 1.79 bits per heavy atom. The van der Waals surface area contributed by atoms with E-state index < -0.39 is 23.5 Å². The molecule has 6 rings (SSSR count). The zero-order valence-corrected chi connectivity index (χ0v) is 25.9. The highest BCUT2D eigenvalue weighted by Crippen LogP contribution is 2.45. The Balaban J connectivity index is 1.45. The summed E-state index contributed by atoms with van der Waals surface area (Å²) in [7, 11) is 0. The summed E-state index contributed by atoms with van der Waals surface area (Å²) in [5.74, 6) is -1.51. The maximum Gasteiger partial charge on any atom is 0.301 e. The Kier molecular flexibility index (Phi) is 7.75. The predicted molar refractivity (Wildman–Crippen MR) is 167 cm³/mol. The molecule has 8 nitrogen and oxygen atoms in total. The van der Waals surface area contributed by atoms with Crippen molar-refractivity contribution in [3.05, 3.63) is 110 Å². The number of aryl methyl sites for hydroxylation is 2. The number of aromatic nitrogens is 4. The molecule has 2 aromatic carbocycles. The quantitative estimate of drug-likeness (QED) is 0.0658. The number of thioether (sulfide) groups is 1. The lowest BCUT2D eigenvalue weighted by molar-refractivity contribution is -0.132. The molecule has 0 radical (unpaired) electrons. The number of hydrogen-bond acceptors (Lipinski definition) is 8. The average molecular weight is 657 g/mol. The summed E-state index contributed by atoms with van der Waals surface area (Å²) < 4.78 is 2.42. The number of Topliss-reactive ketones (excluding diaryl/α,β-unsaturated/α-hetero) is 1. The second-order valence-electron chi connectivity index (χ2n) is 9.54. The Morgan fingerprint density at radius 3 is 2.50 bits per heavy atom. The maximum atomic E-state index is 13.6. The SMILES string of the molecule is Cc1cccn2c(C)c(C(O)=C3C(=O)C(=O)N(c4nnc(SCc5ccc(Cl)cc5)s4)C3c3ccc(Cl)c(Cl)c3)nc12. The number of fused-ring (bicyclic) bond motifs is 1. The third kappa shape index (κ3) is 5.07. The molecule has 42 heavy (non-hydrogen) atoms. The molecule has 13 heteroatoms. The summed E-state index contributed by atoms with van der Waals surface area (Å²) in [6.07, 6.45) is 1.82. The number of aliphatic hydroxyl groups is 1. The molecule has 1 N–H and O–H groups in total. The number of anilines is 1. The second kappa shape index (κ2) is 11.3. The van der Waals surface area contributed by atoms with Crippen LogP contribution >= 0.6 is 57.9 Å². The number of halogens is 3. The van der Waals surface area contributed by atoms with Crippen molar-refractivity contribution >= 4 is 86.1 Å². The Bertz CT molecular complexity index is 1920. The fourth-order valence-electron chi connectivity index (χ4n) is 4.79. The largest absolute Gasteiger partial charge is 0.505 e. The topological polar surface area (TPSA) is 101 Å². The molecule has 0 spiro atoms. The number of rotatable bonds is 6. The molecule has 0 saturated carbocycles. The highest BCUT2D eigenvalue weighted by Gasteiger charge is 2.49. The van der Waals surface area contributed by atoms with Crippen LogP contribution < -0.4 is 4.90 Å². The molecule has 4 heterocycles. The van der Waals surface area contributed by atoms with Crippen LogP contribution in [0.25, 0.3) is 11.4 Å². The second-order valence-corrected chi connectivity index (χ2v) is 13.0. The Labute approximate surface area is 263 Å². The molecule has 1 aliphatic rings. The van der Waals surface area contributed by atoms with Crippen molar-refractivity contribution in [2.24, 2.45) is 0 Å². The van der Waals surface area contributed by atoms with Crippen molar-refractivity contribution in [1.82, 2.24) is 19.6 Å². The van der Waals surface area contributed by atoms with Crippen molar-refractivity contribution in [1.29, 1.82) is 0 Å². The minimum Gasteiger partial charge on any atom is -0.505 e. The van der Waals surface area contributed by atoms with E-state index in [1.54, 1.807) is 25.1 Å². The van der Waals surface area contributed by atoms with Gasteiger partial charge in [-0.05, 0) is 60.9 Å².